The third-order valence-electron chi connectivity index (χ3n) is 5.90. The highest BCUT2D eigenvalue weighted by molar-refractivity contribution is 5.83. The highest BCUT2D eigenvalue weighted by atomic mass is 19.1. The maximum absolute atomic E-state index is 13.7. The molecule has 1 aliphatic heterocycles. The number of amides is 1. The van der Waals surface area contributed by atoms with Crippen LogP contribution in [0, 0.1) is 23.1 Å². The van der Waals surface area contributed by atoms with Gasteiger partial charge in [-0.2, -0.15) is 5.26 Å². The second-order valence-electron chi connectivity index (χ2n) is 7.32. The predicted octanol–water partition coefficient (Wildman–Crippen LogP) is 3.47. The van der Waals surface area contributed by atoms with Crippen molar-refractivity contribution in [3.63, 3.8) is 0 Å². The van der Waals surface area contributed by atoms with Crippen molar-refractivity contribution in [3.05, 3.63) is 59.9 Å². The van der Waals surface area contributed by atoms with Crippen LogP contribution in [-0.2, 0) is 4.79 Å². The van der Waals surface area contributed by atoms with Crippen LogP contribution in [0.2, 0.25) is 0 Å². The Morgan fingerprint density at radius 3 is 2.63 bits per heavy atom. The van der Waals surface area contributed by atoms with Crippen molar-refractivity contribution in [1.82, 2.24) is 4.90 Å². The van der Waals surface area contributed by atoms with E-state index in [9.17, 15) is 19.6 Å². The van der Waals surface area contributed by atoms with Gasteiger partial charge in [0.05, 0.1) is 18.7 Å². The number of carbonyl (C=O) groups excluding carboxylic acids is 1. The van der Waals surface area contributed by atoms with Gasteiger partial charge in [0.25, 0.3) is 0 Å². The molecule has 1 N–H and O–H groups in total. The van der Waals surface area contributed by atoms with E-state index in [1.807, 2.05) is 30.3 Å². The maximum atomic E-state index is 13.7. The Hall–Kier alpha value is -2.71. The van der Waals surface area contributed by atoms with Crippen LogP contribution in [0.25, 0.3) is 11.1 Å². The zero-order valence-corrected chi connectivity index (χ0v) is 14.9. The molecule has 4 nitrogen and oxygen atoms in total. The first-order valence-corrected chi connectivity index (χ1v) is 9.33. The molecule has 5 heteroatoms. The molecule has 1 saturated heterocycles. The second kappa shape index (κ2) is 7.13. The monoisotopic (exact) mass is 364 g/mol. The van der Waals surface area contributed by atoms with Crippen molar-refractivity contribution in [1.29, 1.82) is 5.26 Å². The Bertz CT molecular complexity index is 903. The molecule has 2 aromatic rings. The molecular weight excluding hydrogens is 343 g/mol. The smallest absolute Gasteiger partial charge is 0.227 e. The van der Waals surface area contributed by atoms with Crippen LogP contribution in [0.15, 0.2) is 48.5 Å². The van der Waals surface area contributed by atoms with Gasteiger partial charge in [-0.3, -0.25) is 4.79 Å². The summed E-state index contributed by atoms with van der Waals surface area (Å²) in [7, 11) is 0. The first-order chi connectivity index (χ1) is 13.2. The highest BCUT2D eigenvalue weighted by Gasteiger charge is 2.53. The largest absolute Gasteiger partial charge is 0.394 e. The van der Waals surface area contributed by atoms with E-state index in [0.29, 0.717) is 0 Å². The summed E-state index contributed by atoms with van der Waals surface area (Å²) in [5, 5.41) is 19.7. The standard InChI is InChI=1S/C22H21FN2O2/c23-16-8-4-7-15(11-16)17-9-1-2-10-18(17)21-19(12-24)25(20(21)13-26)22(27)14-5-3-6-14/h1-2,4,7-11,14,19-21,26H,3,5-6,13H2/t19-,20-,21+/m1/s1. The number of nitriles is 1. The van der Waals surface area contributed by atoms with E-state index in [4.69, 9.17) is 0 Å². The van der Waals surface area contributed by atoms with E-state index in [-0.39, 0.29) is 30.2 Å². The van der Waals surface area contributed by atoms with E-state index in [2.05, 4.69) is 6.07 Å². The molecule has 4 rings (SSSR count). The SMILES string of the molecule is N#C[C@@H]1[C@H](c2ccccc2-c2cccc(F)c2)[C@@H](CO)N1C(=O)C1CCC1. The lowest BCUT2D eigenvalue weighted by Gasteiger charge is -2.53. The molecule has 27 heavy (non-hydrogen) atoms. The Morgan fingerprint density at radius 2 is 2.00 bits per heavy atom. The van der Waals surface area contributed by atoms with E-state index in [0.717, 1.165) is 36.0 Å². The molecule has 2 fully saturated rings. The summed E-state index contributed by atoms with van der Waals surface area (Å²) in [6, 6.07) is 15.1. The zero-order chi connectivity index (χ0) is 19.0. The summed E-state index contributed by atoms with van der Waals surface area (Å²) >= 11 is 0. The van der Waals surface area contributed by atoms with Gasteiger partial charge in [0, 0.05) is 11.8 Å². The van der Waals surface area contributed by atoms with Crippen LogP contribution in [-0.4, -0.2) is 34.6 Å². The average molecular weight is 364 g/mol. The minimum Gasteiger partial charge on any atom is -0.394 e. The fraction of sp³-hybridized carbons (Fsp3) is 0.364. The third-order valence-corrected chi connectivity index (χ3v) is 5.90. The van der Waals surface area contributed by atoms with Crippen LogP contribution in [0.4, 0.5) is 4.39 Å². The molecule has 1 heterocycles. The second-order valence-corrected chi connectivity index (χ2v) is 7.32. The minimum atomic E-state index is -0.607. The van der Waals surface area contributed by atoms with Crippen LogP contribution in [0.3, 0.4) is 0 Å². The first kappa shape index (κ1) is 17.7. The Balaban J connectivity index is 1.71. The van der Waals surface area contributed by atoms with Crippen LogP contribution >= 0.6 is 0 Å². The van der Waals surface area contributed by atoms with Crippen molar-refractivity contribution < 1.29 is 14.3 Å². The maximum Gasteiger partial charge on any atom is 0.227 e. The number of hydrogen-bond donors (Lipinski definition) is 1. The highest BCUT2D eigenvalue weighted by Crippen LogP contribution is 2.46. The molecule has 0 spiro atoms. The van der Waals surface area contributed by atoms with Crippen LogP contribution < -0.4 is 0 Å². The van der Waals surface area contributed by atoms with Crippen molar-refractivity contribution in [2.24, 2.45) is 5.92 Å². The summed E-state index contributed by atoms with van der Waals surface area (Å²) in [6.45, 7) is -0.196. The average Bonchev–Trinajstić information content (AvgIpc) is 2.60. The first-order valence-electron chi connectivity index (χ1n) is 9.33. The number of aliphatic hydroxyl groups is 1. The van der Waals surface area contributed by atoms with E-state index in [1.165, 1.54) is 12.1 Å². The lowest BCUT2D eigenvalue weighted by atomic mass is 9.71. The predicted molar refractivity (Wildman–Crippen MR) is 99.0 cm³/mol. The summed E-state index contributed by atoms with van der Waals surface area (Å²) in [4.78, 5) is 14.3. The van der Waals surface area contributed by atoms with E-state index in [1.54, 1.807) is 11.0 Å². The fourth-order valence-corrected chi connectivity index (χ4v) is 4.26. The Morgan fingerprint density at radius 1 is 1.22 bits per heavy atom. The summed E-state index contributed by atoms with van der Waals surface area (Å²) in [5.41, 5.74) is 2.42. The topological polar surface area (TPSA) is 64.3 Å². The number of nitrogens with zero attached hydrogens (tertiary/aromatic N) is 2. The zero-order valence-electron chi connectivity index (χ0n) is 14.9. The molecule has 3 atom stereocenters. The normalized spacial score (nSPS) is 24.6. The quantitative estimate of drug-likeness (QED) is 0.903. The Labute approximate surface area is 157 Å². The number of likely N-dealkylation sites (tertiary alicyclic amines) is 1. The lowest BCUT2D eigenvalue weighted by molar-refractivity contribution is -0.154. The van der Waals surface area contributed by atoms with Crippen molar-refractivity contribution in [3.8, 4) is 17.2 Å². The molecule has 0 aromatic heterocycles. The van der Waals surface area contributed by atoms with Crippen LogP contribution in [0.1, 0.15) is 30.7 Å². The van der Waals surface area contributed by atoms with Gasteiger partial charge in [-0.05, 0) is 41.7 Å². The van der Waals surface area contributed by atoms with Crippen molar-refractivity contribution >= 4 is 5.91 Å². The molecule has 1 aliphatic carbocycles. The molecule has 0 bridgehead atoms. The van der Waals surface area contributed by atoms with Crippen molar-refractivity contribution in [2.45, 2.75) is 37.3 Å². The number of carbonyl (C=O) groups is 1. The van der Waals surface area contributed by atoms with E-state index >= 15 is 0 Å². The van der Waals surface area contributed by atoms with Gasteiger partial charge in [-0.1, -0.05) is 42.8 Å². The summed E-state index contributed by atoms with van der Waals surface area (Å²) in [5.74, 6) is -0.655. The van der Waals surface area contributed by atoms with Gasteiger partial charge in [0.1, 0.15) is 11.9 Å². The van der Waals surface area contributed by atoms with Crippen LogP contribution in [0.5, 0.6) is 0 Å². The van der Waals surface area contributed by atoms with Gasteiger partial charge >= 0.3 is 0 Å². The number of halogens is 1. The molecule has 1 saturated carbocycles. The fourth-order valence-electron chi connectivity index (χ4n) is 4.26. The molecule has 2 aliphatic rings. The minimum absolute atomic E-state index is 0.0192. The van der Waals surface area contributed by atoms with Gasteiger partial charge in [0.15, 0.2) is 0 Å². The molecular formula is C22H21FN2O2. The van der Waals surface area contributed by atoms with Gasteiger partial charge in [-0.25, -0.2) is 4.39 Å². The molecule has 138 valence electrons. The lowest BCUT2D eigenvalue weighted by Crippen LogP contribution is -2.66. The van der Waals surface area contributed by atoms with Crippen molar-refractivity contribution in [2.75, 3.05) is 6.61 Å². The number of hydrogen-bond acceptors (Lipinski definition) is 3. The molecule has 0 unspecified atom stereocenters. The summed E-state index contributed by atoms with van der Waals surface area (Å²) in [6.07, 6.45) is 2.75. The molecule has 0 radical (unpaired) electrons. The molecule has 2 aromatic carbocycles. The Kier molecular flexibility index (Phi) is 4.67. The van der Waals surface area contributed by atoms with Gasteiger partial charge in [-0.15, -0.1) is 0 Å². The number of aliphatic hydroxyl groups excluding tert-OH is 1. The molecule has 1 amide bonds. The summed E-state index contributed by atoms with van der Waals surface area (Å²) < 4.78 is 13.7. The van der Waals surface area contributed by atoms with Gasteiger partial charge < -0.3 is 10.0 Å². The number of benzene rings is 2. The van der Waals surface area contributed by atoms with E-state index < -0.39 is 12.1 Å². The number of rotatable bonds is 4. The van der Waals surface area contributed by atoms with Gasteiger partial charge in [0.2, 0.25) is 5.91 Å². The third kappa shape index (κ3) is 2.90.